The van der Waals surface area contributed by atoms with Gasteiger partial charge in [-0.05, 0) is 49.6 Å². The summed E-state index contributed by atoms with van der Waals surface area (Å²) in [6, 6.07) is 10.0. The van der Waals surface area contributed by atoms with Crippen molar-refractivity contribution in [3.63, 3.8) is 0 Å². The summed E-state index contributed by atoms with van der Waals surface area (Å²) in [4.78, 5) is 13.1. The maximum atomic E-state index is 11.5. The zero-order valence-corrected chi connectivity index (χ0v) is 21.2. The second kappa shape index (κ2) is 14.3. The Morgan fingerprint density at radius 1 is 0.970 bits per heavy atom. The summed E-state index contributed by atoms with van der Waals surface area (Å²) in [5.41, 5.74) is 6.17. The number of nitrogens with zero attached hydrogens (tertiary/aromatic N) is 1. The SMILES string of the molecule is CCCN(C(N)=O)c1ccc(OCCCCOc2c(Cl)cc(OCC=C(Cl)Cl)cc2Cl)cc1. The molecule has 10 heteroatoms. The zero-order valence-electron chi connectivity index (χ0n) is 18.2. The van der Waals surface area contributed by atoms with Crippen LogP contribution in [0.2, 0.25) is 10.0 Å². The number of nitrogens with two attached hydrogens (primary N) is 1. The van der Waals surface area contributed by atoms with E-state index in [9.17, 15) is 4.79 Å². The van der Waals surface area contributed by atoms with Gasteiger partial charge in [0.25, 0.3) is 0 Å². The highest BCUT2D eigenvalue weighted by molar-refractivity contribution is 6.55. The molecule has 0 unspecified atom stereocenters. The van der Waals surface area contributed by atoms with Crippen LogP contribution in [0.1, 0.15) is 26.2 Å². The molecule has 0 aliphatic rings. The highest BCUT2D eigenvalue weighted by Gasteiger charge is 2.12. The summed E-state index contributed by atoms with van der Waals surface area (Å²) >= 11 is 23.6. The summed E-state index contributed by atoms with van der Waals surface area (Å²) in [7, 11) is 0. The minimum Gasteiger partial charge on any atom is -0.494 e. The Morgan fingerprint density at radius 2 is 1.58 bits per heavy atom. The first kappa shape index (κ1) is 27.3. The number of amides is 2. The molecule has 2 amide bonds. The van der Waals surface area contributed by atoms with Crippen LogP contribution in [0.3, 0.4) is 0 Å². The van der Waals surface area contributed by atoms with Crippen molar-refractivity contribution in [1.29, 1.82) is 0 Å². The van der Waals surface area contributed by atoms with E-state index in [0.29, 0.717) is 47.1 Å². The second-order valence-corrected chi connectivity index (χ2v) is 8.73. The summed E-state index contributed by atoms with van der Waals surface area (Å²) in [6.07, 6.45) is 3.84. The number of halogens is 4. The first-order chi connectivity index (χ1) is 15.8. The number of rotatable bonds is 13. The predicted octanol–water partition coefficient (Wildman–Crippen LogP) is 7.22. The Balaban J connectivity index is 1.74. The fourth-order valence-electron chi connectivity index (χ4n) is 2.84. The van der Waals surface area contributed by atoms with Gasteiger partial charge in [0, 0.05) is 24.4 Å². The number of carbonyl (C=O) groups excluding carboxylic acids is 1. The molecule has 0 saturated heterocycles. The third-order valence-corrected chi connectivity index (χ3v) is 5.24. The lowest BCUT2D eigenvalue weighted by Gasteiger charge is -2.20. The predicted molar refractivity (Wildman–Crippen MR) is 136 cm³/mol. The van der Waals surface area contributed by atoms with E-state index in [0.717, 1.165) is 24.9 Å². The van der Waals surface area contributed by atoms with Crippen molar-refractivity contribution in [1.82, 2.24) is 0 Å². The summed E-state index contributed by atoms with van der Waals surface area (Å²) in [5, 5.41) is 0.700. The largest absolute Gasteiger partial charge is 0.494 e. The summed E-state index contributed by atoms with van der Waals surface area (Å²) < 4.78 is 17.1. The van der Waals surface area contributed by atoms with Crippen LogP contribution < -0.4 is 24.8 Å². The van der Waals surface area contributed by atoms with E-state index in [1.54, 1.807) is 12.1 Å². The van der Waals surface area contributed by atoms with Crippen molar-refractivity contribution in [2.24, 2.45) is 5.73 Å². The molecule has 0 heterocycles. The van der Waals surface area contributed by atoms with Gasteiger partial charge >= 0.3 is 6.03 Å². The molecular formula is C23H26Cl4N2O4. The van der Waals surface area contributed by atoms with Crippen molar-refractivity contribution in [3.8, 4) is 17.2 Å². The molecule has 0 aromatic heterocycles. The number of ether oxygens (including phenoxy) is 3. The van der Waals surface area contributed by atoms with Crippen LogP contribution in [0.4, 0.5) is 10.5 Å². The van der Waals surface area contributed by atoms with Crippen molar-refractivity contribution in [2.75, 3.05) is 31.3 Å². The first-order valence-corrected chi connectivity index (χ1v) is 11.9. The fourth-order valence-corrected chi connectivity index (χ4v) is 3.54. The second-order valence-electron chi connectivity index (χ2n) is 6.91. The van der Waals surface area contributed by atoms with Crippen molar-refractivity contribution < 1.29 is 19.0 Å². The lowest BCUT2D eigenvalue weighted by molar-refractivity contribution is 0.254. The van der Waals surface area contributed by atoms with E-state index in [1.807, 2.05) is 31.2 Å². The Hall–Kier alpha value is -1.99. The average Bonchev–Trinajstić information content (AvgIpc) is 2.76. The molecule has 2 N–H and O–H groups in total. The Morgan fingerprint density at radius 3 is 2.12 bits per heavy atom. The molecule has 6 nitrogen and oxygen atoms in total. The molecule has 33 heavy (non-hydrogen) atoms. The van der Waals surface area contributed by atoms with Gasteiger partial charge in [0.1, 0.15) is 22.6 Å². The quantitative estimate of drug-likeness (QED) is 0.274. The number of anilines is 1. The molecule has 0 bridgehead atoms. The number of carbonyl (C=O) groups is 1. The Kier molecular flexibility index (Phi) is 11.8. The van der Waals surface area contributed by atoms with Crippen LogP contribution in [0.15, 0.2) is 47.0 Å². The maximum Gasteiger partial charge on any atom is 0.319 e. The van der Waals surface area contributed by atoms with Crippen LogP contribution in [0, 0.1) is 0 Å². The molecule has 0 atom stereocenters. The van der Waals surface area contributed by atoms with Crippen molar-refractivity contribution in [2.45, 2.75) is 26.2 Å². The normalized spacial score (nSPS) is 10.5. The molecule has 2 aromatic rings. The Bertz CT molecular complexity index is 912. The monoisotopic (exact) mass is 534 g/mol. The van der Waals surface area contributed by atoms with Gasteiger partial charge < -0.3 is 19.9 Å². The number of hydrogen-bond acceptors (Lipinski definition) is 4. The molecule has 0 radical (unpaired) electrons. The third-order valence-electron chi connectivity index (χ3n) is 4.37. The molecule has 2 rings (SSSR count). The van der Waals surface area contributed by atoms with E-state index in [-0.39, 0.29) is 11.1 Å². The molecule has 180 valence electrons. The number of urea groups is 1. The van der Waals surface area contributed by atoms with Crippen LogP contribution in [0.5, 0.6) is 17.2 Å². The van der Waals surface area contributed by atoms with Crippen LogP contribution >= 0.6 is 46.4 Å². The fraction of sp³-hybridized carbons (Fsp3) is 0.348. The molecule has 0 spiro atoms. The van der Waals surface area contributed by atoms with Gasteiger partial charge in [-0.1, -0.05) is 53.3 Å². The topological polar surface area (TPSA) is 74.0 Å². The van der Waals surface area contributed by atoms with E-state index in [1.165, 1.54) is 11.0 Å². The zero-order chi connectivity index (χ0) is 24.2. The Labute approximate surface area is 214 Å². The molecule has 0 aliphatic carbocycles. The summed E-state index contributed by atoms with van der Waals surface area (Å²) in [5.74, 6) is 1.60. The standard InChI is InChI=1S/C23H26Cl4N2O4/c1-2-10-29(23(28)30)16-5-7-17(8-6-16)31-11-3-4-12-33-22-19(24)14-18(15-20(22)25)32-13-9-21(26)27/h5-9,14-15H,2-4,10-13H2,1H3,(H2,28,30). The third kappa shape index (κ3) is 9.41. The number of hydrogen-bond donors (Lipinski definition) is 1. The molecule has 2 aromatic carbocycles. The van der Waals surface area contributed by atoms with Gasteiger partial charge in [0.2, 0.25) is 0 Å². The van der Waals surface area contributed by atoms with Crippen molar-refractivity contribution >= 4 is 58.1 Å². The highest BCUT2D eigenvalue weighted by atomic mass is 35.5. The first-order valence-electron chi connectivity index (χ1n) is 10.4. The summed E-state index contributed by atoms with van der Waals surface area (Å²) in [6.45, 7) is 3.69. The lowest BCUT2D eigenvalue weighted by Crippen LogP contribution is -2.36. The molecule has 0 saturated carbocycles. The van der Waals surface area contributed by atoms with Crippen molar-refractivity contribution in [3.05, 3.63) is 57.0 Å². The lowest BCUT2D eigenvalue weighted by atomic mass is 10.2. The minimum absolute atomic E-state index is 0.120. The van der Waals surface area contributed by atoms with E-state index >= 15 is 0 Å². The van der Waals surface area contributed by atoms with E-state index in [2.05, 4.69) is 0 Å². The van der Waals surface area contributed by atoms with Gasteiger partial charge in [-0.3, -0.25) is 4.90 Å². The number of unbranched alkanes of at least 4 members (excludes halogenated alkanes) is 1. The number of primary amides is 1. The van der Waals surface area contributed by atoms with Crippen LogP contribution in [-0.2, 0) is 0 Å². The van der Waals surface area contributed by atoms with Gasteiger partial charge in [0.15, 0.2) is 5.75 Å². The van der Waals surface area contributed by atoms with Crippen LogP contribution in [0.25, 0.3) is 0 Å². The maximum absolute atomic E-state index is 11.5. The van der Waals surface area contributed by atoms with Gasteiger partial charge in [-0.25, -0.2) is 4.79 Å². The molecular weight excluding hydrogens is 510 g/mol. The number of benzene rings is 2. The van der Waals surface area contributed by atoms with Gasteiger partial charge in [-0.15, -0.1) is 0 Å². The van der Waals surface area contributed by atoms with E-state index < -0.39 is 6.03 Å². The van der Waals surface area contributed by atoms with Crippen LogP contribution in [-0.4, -0.2) is 32.4 Å². The highest BCUT2D eigenvalue weighted by Crippen LogP contribution is 2.37. The average molecular weight is 536 g/mol. The molecule has 0 fully saturated rings. The molecule has 0 aliphatic heterocycles. The van der Waals surface area contributed by atoms with Gasteiger partial charge in [-0.2, -0.15) is 0 Å². The minimum atomic E-state index is -0.471. The smallest absolute Gasteiger partial charge is 0.319 e. The van der Waals surface area contributed by atoms with E-state index in [4.69, 9.17) is 66.3 Å². The van der Waals surface area contributed by atoms with Gasteiger partial charge in [0.05, 0.1) is 23.3 Å².